The first-order valence-corrected chi connectivity index (χ1v) is 10.3. The normalized spacial score (nSPS) is 16.2. The summed E-state index contributed by atoms with van der Waals surface area (Å²) in [5.74, 6) is 0.329. The van der Waals surface area contributed by atoms with E-state index in [1.807, 2.05) is 6.07 Å². The van der Waals surface area contributed by atoms with Gasteiger partial charge in [-0.05, 0) is 12.1 Å². The predicted molar refractivity (Wildman–Crippen MR) is 96.1 cm³/mol. The van der Waals surface area contributed by atoms with Gasteiger partial charge in [0.15, 0.2) is 0 Å². The molecule has 1 fully saturated rings. The third kappa shape index (κ3) is 3.51. The number of anilines is 1. The fourth-order valence-electron chi connectivity index (χ4n) is 2.63. The first kappa shape index (κ1) is 17.8. The number of nitriles is 1. The molecule has 0 spiro atoms. The largest absolute Gasteiger partial charge is 0.344 e. The van der Waals surface area contributed by atoms with Crippen molar-refractivity contribution in [3.05, 3.63) is 34.8 Å². The summed E-state index contributed by atoms with van der Waals surface area (Å²) in [7, 11) is -3.67. The Hall–Kier alpha value is -2.02. The average Bonchev–Trinajstić information content (AvgIpc) is 3.12. The van der Waals surface area contributed by atoms with E-state index in [2.05, 4.69) is 28.9 Å². The topological polar surface area (TPSA) is 90.2 Å². The van der Waals surface area contributed by atoms with Gasteiger partial charge in [-0.3, -0.25) is 0 Å². The van der Waals surface area contributed by atoms with Gasteiger partial charge in [0.1, 0.15) is 11.1 Å². The van der Waals surface area contributed by atoms with Crippen molar-refractivity contribution in [1.82, 2.24) is 14.5 Å². The van der Waals surface area contributed by atoms with E-state index in [1.54, 1.807) is 23.5 Å². The maximum atomic E-state index is 12.8. The van der Waals surface area contributed by atoms with Crippen molar-refractivity contribution in [2.24, 2.45) is 0 Å². The molecule has 7 nitrogen and oxygen atoms in total. The highest BCUT2D eigenvalue weighted by Gasteiger charge is 2.31. The second-order valence-electron chi connectivity index (χ2n) is 6.08. The first-order valence-electron chi connectivity index (χ1n) is 8.01. The van der Waals surface area contributed by atoms with E-state index in [4.69, 9.17) is 5.26 Å². The number of rotatable bonds is 4. The molecule has 1 aromatic heterocycles. The zero-order chi connectivity index (χ0) is 18.0. The minimum atomic E-state index is -3.67. The molecule has 1 aromatic carbocycles. The lowest BCUT2D eigenvalue weighted by molar-refractivity contribution is 0.384. The minimum Gasteiger partial charge on any atom is -0.344 e. The zero-order valence-corrected chi connectivity index (χ0v) is 15.7. The van der Waals surface area contributed by atoms with Gasteiger partial charge >= 0.3 is 0 Å². The fourth-order valence-corrected chi connectivity index (χ4v) is 5.09. The van der Waals surface area contributed by atoms with Crippen LogP contribution in [0.2, 0.25) is 0 Å². The number of hydrogen-bond donors (Lipinski definition) is 0. The Kier molecular flexibility index (Phi) is 5.03. The standard InChI is InChI=1S/C16H19N5O2S2/c1-12(2)15-18-19-16(24-15)20-7-9-21(10-8-20)25(22,23)14-6-4-3-5-13(14)11-17/h3-6,12H,7-10H2,1-2H3. The van der Waals surface area contributed by atoms with E-state index in [-0.39, 0.29) is 10.5 Å². The van der Waals surface area contributed by atoms with Crippen LogP contribution in [0.4, 0.5) is 5.13 Å². The second-order valence-corrected chi connectivity index (χ2v) is 8.97. The molecule has 25 heavy (non-hydrogen) atoms. The van der Waals surface area contributed by atoms with Crippen molar-refractivity contribution in [2.45, 2.75) is 24.7 Å². The average molecular weight is 377 g/mol. The van der Waals surface area contributed by atoms with Crippen LogP contribution >= 0.6 is 11.3 Å². The highest BCUT2D eigenvalue weighted by atomic mass is 32.2. The van der Waals surface area contributed by atoms with Crippen molar-refractivity contribution in [2.75, 3.05) is 31.1 Å². The van der Waals surface area contributed by atoms with Crippen molar-refractivity contribution < 1.29 is 8.42 Å². The number of piperazine rings is 1. The lowest BCUT2D eigenvalue weighted by Gasteiger charge is -2.33. The lowest BCUT2D eigenvalue weighted by atomic mass is 10.2. The molecule has 0 bridgehead atoms. The van der Waals surface area contributed by atoms with Gasteiger partial charge in [0.05, 0.1) is 10.5 Å². The molecule has 0 unspecified atom stereocenters. The molecular formula is C16H19N5O2S2. The van der Waals surface area contributed by atoms with Gasteiger partial charge < -0.3 is 4.90 Å². The quantitative estimate of drug-likeness (QED) is 0.810. The van der Waals surface area contributed by atoms with E-state index < -0.39 is 10.0 Å². The summed E-state index contributed by atoms with van der Waals surface area (Å²) >= 11 is 1.55. The third-order valence-electron chi connectivity index (χ3n) is 4.06. The molecule has 3 rings (SSSR count). The second kappa shape index (κ2) is 7.07. The van der Waals surface area contributed by atoms with Crippen LogP contribution in [-0.4, -0.2) is 49.1 Å². The van der Waals surface area contributed by atoms with Crippen LogP contribution in [-0.2, 0) is 10.0 Å². The van der Waals surface area contributed by atoms with E-state index in [9.17, 15) is 8.42 Å². The summed E-state index contributed by atoms with van der Waals surface area (Å²) in [5, 5.41) is 19.4. The van der Waals surface area contributed by atoms with Crippen LogP contribution in [0.5, 0.6) is 0 Å². The molecule has 132 valence electrons. The summed E-state index contributed by atoms with van der Waals surface area (Å²) in [6.07, 6.45) is 0. The van der Waals surface area contributed by atoms with Gasteiger partial charge in [0.25, 0.3) is 0 Å². The zero-order valence-electron chi connectivity index (χ0n) is 14.1. The van der Waals surface area contributed by atoms with Crippen molar-refractivity contribution in [1.29, 1.82) is 5.26 Å². The number of hydrogen-bond acceptors (Lipinski definition) is 7. The van der Waals surface area contributed by atoms with Gasteiger partial charge in [-0.1, -0.05) is 37.3 Å². The van der Waals surface area contributed by atoms with Gasteiger partial charge in [-0.2, -0.15) is 9.57 Å². The van der Waals surface area contributed by atoms with Crippen molar-refractivity contribution in [3.8, 4) is 6.07 Å². The number of nitrogens with zero attached hydrogens (tertiary/aromatic N) is 5. The van der Waals surface area contributed by atoms with E-state index >= 15 is 0 Å². The summed E-state index contributed by atoms with van der Waals surface area (Å²) in [6.45, 7) is 5.97. The molecule has 9 heteroatoms. The molecule has 2 heterocycles. The van der Waals surface area contributed by atoms with E-state index in [1.165, 1.54) is 16.4 Å². The molecule has 0 amide bonds. The fraction of sp³-hybridized carbons (Fsp3) is 0.438. The van der Waals surface area contributed by atoms with Crippen LogP contribution in [0.3, 0.4) is 0 Å². The molecule has 0 N–H and O–H groups in total. The predicted octanol–water partition coefficient (Wildman–Crippen LogP) is 2.04. The summed E-state index contributed by atoms with van der Waals surface area (Å²) in [4.78, 5) is 2.13. The van der Waals surface area contributed by atoms with Crippen LogP contribution in [0, 0.1) is 11.3 Å². The summed E-state index contributed by atoms with van der Waals surface area (Å²) in [6, 6.07) is 8.27. The lowest BCUT2D eigenvalue weighted by Crippen LogP contribution is -2.48. The van der Waals surface area contributed by atoms with Crippen LogP contribution in [0.25, 0.3) is 0 Å². The van der Waals surface area contributed by atoms with Crippen molar-refractivity contribution >= 4 is 26.5 Å². The molecule has 1 aliphatic rings. The molecule has 2 aromatic rings. The molecule has 1 aliphatic heterocycles. The van der Waals surface area contributed by atoms with Crippen LogP contribution in [0.15, 0.2) is 29.2 Å². The molecular weight excluding hydrogens is 358 g/mol. The maximum Gasteiger partial charge on any atom is 0.244 e. The first-order chi connectivity index (χ1) is 11.9. The Morgan fingerprint density at radius 3 is 2.44 bits per heavy atom. The van der Waals surface area contributed by atoms with Gasteiger partial charge in [0.2, 0.25) is 15.2 Å². The molecule has 0 aliphatic carbocycles. The molecule has 0 saturated carbocycles. The Morgan fingerprint density at radius 1 is 1.16 bits per heavy atom. The van der Waals surface area contributed by atoms with E-state index in [0.717, 1.165) is 10.1 Å². The van der Waals surface area contributed by atoms with Gasteiger partial charge in [-0.15, -0.1) is 10.2 Å². The Balaban J connectivity index is 1.74. The highest BCUT2D eigenvalue weighted by molar-refractivity contribution is 7.89. The smallest absolute Gasteiger partial charge is 0.244 e. The number of aromatic nitrogens is 2. The highest BCUT2D eigenvalue weighted by Crippen LogP contribution is 2.27. The van der Waals surface area contributed by atoms with Crippen molar-refractivity contribution in [3.63, 3.8) is 0 Å². The summed E-state index contributed by atoms with van der Waals surface area (Å²) < 4.78 is 27.1. The molecule has 1 saturated heterocycles. The summed E-state index contributed by atoms with van der Waals surface area (Å²) in [5.41, 5.74) is 0.177. The number of benzene rings is 1. The van der Waals surface area contributed by atoms with Gasteiger partial charge in [0, 0.05) is 32.1 Å². The monoisotopic (exact) mass is 377 g/mol. The van der Waals surface area contributed by atoms with E-state index in [0.29, 0.717) is 32.1 Å². The Bertz CT molecular complexity index is 893. The number of sulfonamides is 1. The van der Waals surface area contributed by atoms with Gasteiger partial charge in [-0.25, -0.2) is 8.42 Å². The minimum absolute atomic E-state index is 0.0731. The van der Waals surface area contributed by atoms with Crippen LogP contribution < -0.4 is 4.90 Å². The Labute approximate surface area is 151 Å². The maximum absolute atomic E-state index is 12.8. The Morgan fingerprint density at radius 2 is 1.84 bits per heavy atom. The molecule has 0 atom stereocenters. The molecule has 0 radical (unpaired) electrons. The SMILES string of the molecule is CC(C)c1nnc(N2CCN(S(=O)(=O)c3ccccc3C#N)CC2)s1. The third-order valence-corrected chi connectivity index (χ3v) is 7.30. The van der Waals surface area contributed by atoms with Crippen LogP contribution in [0.1, 0.15) is 30.3 Å².